The molecule has 0 aliphatic carbocycles. The van der Waals surface area contributed by atoms with Crippen molar-refractivity contribution in [1.82, 2.24) is 33.8 Å². The molecule has 0 N–H and O–H groups in total. The van der Waals surface area contributed by atoms with Gasteiger partial charge in [-0.1, -0.05) is 11.6 Å². The third-order valence-corrected chi connectivity index (χ3v) is 5.16. The smallest absolute Gasteiger partial charge is 0.262 e. The number of aryl methyl sites for hydroxylation is 3. The van der Waals surface area contributed by atoms with Crippen molar-refractivity contribution >= 4 is 16.7 Å². The van der Waals surface area contributed by atoms with E-state index < -0.39 is 0 Å². The van der Waals surface area contributed by atoms with E-state index >= 15 is 0 Å². The summed E-state index contributed by atoms with van der Waals surface area (Å²) < 4.78 is 5.37. The Labute approximate surface area is 163 Å². The summed E-state index contributed by atoms with van der Waals surface area (Å²) in [6.45, 7) is 7.70. The van der Waals surface area contributed by atoms with Crippen molar-refractivity contribution in [3.05, 3.63) is 57.9 Å². The Balaban J connectivity index is 1.82. The van der Waals surface area contributed by atoms with E-state index in [1.165, 1.54) is 0 Å². The summed E-state index contributed by atoms with van der Waals surface area (Å²) in [6.07, 6.45) is 3.92. The molecule has 0 bridgehead atoms. The molecule has 8 nitrogen and oxygen atoms in total. The van der Waals surface area contributed by atoms with Crippen LogP contribution in [0.15, 0.2) is 35.4 Å². The van der Waals surface area contributed by atoms with Crippen LogP contribution in [-0.2, 0) is 27.2 Å². The molecule has 4 aromatic rings. The van der Waals surface area contributed by atoms with Crippen LogP contribution in [-0.4, -0.2) is 39.9 Å². The Kier molecular flexibility index (Phi) is 4.50. The Hall–Kier alpha value is -3.00. The Morgan fingerprint density at radius 3 is 2.61 bits per heavy atom. The first kappa shape index (κ1) is 18.4. The van der Waals surface area contributed by atoms with Gasteiger partial charge in [-0.3, -0.25) is 23.3 Å². The minimum Gasteiger partial charge on any atom is -0.289 e. The van der Waals surface area contributed by atoms with E-state index in [-0.39, 0.29) is 5.56 Å². The van der Waals surface area contributed by atoms with Gasteiger partial charge < -0.3 is 0 Å². The largest absolute Gasteiger partial charge is 0.289 e. The summed E-state index contributed by atoms with van der Waals surface area (Å²) in [5.74, 6) is 1.37. The van der Waals surface area contributed by atoms with Crippen LogP contribution >= 0.6 is 0 Å². The second-order valence-electron chi connectivity index (χ2n) is 7.66. The molecule has 0 unspecified atom stereocenters. The van der Waals surface area contributed by atoms with Gasteiger partial charge in [0.2, 0.25) is 5.78 Å². The quantitative estimate of drug-likeness (QED) is 0.531. The molecular formula is C20H25N7O. The molecule has 3 heterocycles. The van der Waals surface area contributed by atoms with E-state index in [4.69, 9.17) is 0 Å². The number of benzene rings is 1. The first-order valence-electron chi connectivity index (χ1n) is 9.40. The second-order valence-corrected chi connectivity index (χ2v) is 7.66. The number of fused-ring (bicyclic) bond motifs is 3. The fourth-order valence-electron chi connectivity index (χ4n) is 3.55. The number of hydrogen-bond donors (Lipinski definition) is 0. The minimum absolute atomic E-state index is 0.0544. The molecule has 3 aromatic heterocycles. The lowest BCUT2D eigenvalue weighted by Crippen LogP contribution is -2.31. The van der Waals surface area contributed by atoms with E-state index in [0.29, 0.717) is 23.8 Å². The topological polar surface area (TPSA) is 73.2 Å². The van der Waals surface area contributed by atoms with Crippen molar-refractivity contribution in [1.29, 1.82) is 0 Å². The van der Waals surface area contributed by atoms with Crippen molar-refractivity contribution < 1.29 is 0 Å². The molecule has 0 atom stereocenters. The third-order valence-electron chi connectivity index (χ3n) is 5.16. The maximum absolute atomic E-state index is 12.7. The van der Waals surface area contributed by atoms with Crippen LogP contribution in [0, 0.1) is 6.92 Å². The molecular weight excluding hydrogens is 354 g/mol. The standard InChI is InChI=1S/C20H25N7O/c1-13(2)26(11-15-9-21-24(4)10-15)12-18-22-23-20-25(5)19(28)16-8-14(3)6-7-17(16)27(18)20/h6-10,13H,11-12H2,1-5H3. The summed E-state index contributed by atoms with van der Waals surface area (Å²) in [4.78, 5) is 15.1. The van der Waals surface area contributed by atoms with E-state index in [0.717, 1.165) is 29.0 Å². The average Bonchev–Trinajstić information content (AvgIpc) is 3.25. The maximum Gasteiger partial charge on any atom is 0.262 e. The Morgan fingerprint density at radius 2 is 1.93 bits per heavy atom. The van der Waals surface area contributed by atoms with Gasteiger partial charge in [0.05, 0.1) is 23.6 Å². The van der Waals surface area contributed by atoms with Gasteiger partial charge in [-0.25, -0.2) is 0 Å². The molecule has 0 radical (unpaired) electrons. The molecule has 0 amide bonds. The fraction of sp³-hybridized carbons (Fsp3) is 0.400. The molecule has 0 saturated carbocycles. The molecule has 0 aliphatic rings. The highest BCUT2D eigenvalue weighted by atomic mass is 16.1. The van der Waals surface area contributed by atoms with Gasteiger partial charge in [-0.05, 0) is 32.9 Å². The molecule has 8 heteroatoms. The number of hydrogen-bond acceptors (Lipinski definition) is 5. The predicted molar refractivity (Wildman–Crippen MR) is 108 cm³/mol. The zero-order valence-corrected chi connectivity index (χ0v) is 16.9. The van der Waals surface area contributed by atoms with Gasteiger partial charge in [0.25, 0.3) is 5.56 Å². The number of aromatic nitrogens is 6. The third kappa shape index (κ3) is 3.09. The lowest BCUT2D eigenvalue weighted by Gasteiger charge is -2.25. The molecule has 28 heavy (non-hydrogen) atoms. The Morgan fingerprint density at radius 1 is 1.14 bits per heavy atom. The van der Waals surface area contributed by atoms with E-state index in [9.17, 15) is 4.79 Å². The van der Waals surface area contributed by atoms with Gasteiger partial charge in [-0.2, -0.15) is 5.10 Å². The van der Waals surface area contributed by atoms with Crippen LogP contribution in [0.1, 0.15) is 30.8 Å². The zero-order valence-electron chi connectivity index (χ0n) is 16.9. The monoisotopic (exact) mass is 379 g/mol. The van der Waals surface area contributed by atoms with Crippen LogP contribution in [0.25, 0.3) is 16.7 Å². The highest BCUT2D eigenvalue weighted by Crippen LogP contribution is 2.18. The van der Waals surface area contributed by atoms with Crippen molar-refractivity contribution in [2.45, 2.75) is 39.9 Å². The van der Waals surface area contributed by atoms with E-state index in [1.807, 2.05) is 53.6 Å². The number of nitrogens with zero attached hydrogens (tertiary/aromatic N) is 7. The van der Waals surface area contributed by atoms with Crippen LogP contribution in [0.3, 0.4) is 0 Å². The maximum atomic E-state index is 12.7. The highest BCUT2D eigenvalue weighted by molar-refractivity contribution is 5.81. The molecule has 0 saturated heterocycles. The summed E-state index contributed by atoms with van der Waals surface area (Å²) in [6, 6.07) is 6.23. The molecule has 0 spiro atoms. The minimum atomic E-state index is -0.0544. The van der Waals surface area contributed by atoms with Gasteiger partial charge in [-0.15, -0.1) is 10.2 Å². The normalized spacial score (nSPS) is 12.1. The molecule has 4 rings (SSSR count). The second kappa shape index (κ2) is 6.87. The van der Waals surface area contributed by atoms with Gasteiger partial charge in [0, 0.05) is 38.4 Å². The van der Waals surface area contributed by atoms with E-state index in [1.54, 1.807) is 11.6 Å². The van der Waals surface area contributed by atoms with Gasteiger partial charge >= 0.3 is 0 Å². The van der Waals surface area contributed by atoms with Crippen LogP contribution in [0.4, 0.5) is 0 Å². The predicted octanol–water partition coefficient (Wildman–Crippen LogP) is 2.03. The van der Waals surface area contributed by atoms with Crippen LogP contribution in [0.2, 0.25) is 0 Å². The SMILES string of the molecule is Cc1ccc2c(c1)c(=O)n(C)c1nnc(CN(Cc3cnn(C)c3)C(C)C)n21. The van der Waals surface area contributed by atoms with Gasteiger partial charge in [0.15, 0.2) is 5.82 Å². The van der Waals surface area contributed by atoms with Crippen molar-refractivity contribution in [2.24, 2.45) is 14.1 Å². The summed E-state index contributed by atoms with van der Waals surface area (Å²) in [5.41, 5.74) is 2.99. The summed E-state index contributed by atoms with van der Waals surface area (Å²) in [7, 11) is 3.66. The lowest BCUT2D eigenvalue weighted by molar-refractivity contribution is 0.198. The van der Waals surface area contributed by atoms with Crippen molar-refractivity contribution in [3.63, 3.8) is 0 Å². The van der Waals surface area contributed by atoms with E-state index in [2.05, 4.69) is 34.0 Å². The first-order chi connectivity index (χ1) is 13.3. The molecule has 146 valence electrons. The molecule has 1 aromatic carbocycles. The molecule has 0 aliphatic heterocycles. The summed E-state index contributed by atoms with van der Waals surface area (Å²) >= 11 is 0. The lowest BCUT2D eigenvalue weighted by atomic mass is 10.1. The first-order valence-corrected chi connectivity index (χ1v) is 9.40. The molecule has 0 fully saturated rings. The number of rotatable bonds is 5. The fourth-order valence-corrected chi connectivity index (χ4v) is 3.55. The average molecular weight is 379 g/mol. The zero-order chi connectivity index (χ0) is 20.0. The Bertz CT molecular complexity index is 1210. The highest BCUT2D eigenvalue weighted by Gasteiger charge is 2.19. The van der Waals surface area contributed by atoms with Crippen molar-refractivity contribution in [3.8, 4) is 0 Å². The van der Waals surface area contributed by atoms with Gasteiger partial charge in [0.1, 0.15) is 0 Å². The summed E-state index contributed by atoms with van der Waals surface area (Å²) in [5, 5.41) is 13.7. The van der Waals surface area contributed by atoms with Crippen molar-refractivity contribution in [2.75, 3.05) is 0 Å². The van der Waals surface area contributed by atoms with Crippen LogP contribution < -0.4 is 5.56 Å². The van der Waals surface area contributed by atoms with Crippen LogP contribution in [0.5, 0.6) is 0 Å².